The number of rotatable bonds is 2. The number of nitrogens with zero attached hydrogens (tertiary/aromatic N) is 1. The van der Waals surface area contributed by atoms with Crippen LogP contribution in [0.1, 0.15) is 30.1 Å². The molecule has 1 unspecified atom stereocenters. The fourth-order valence-electron chi connectivity index (χ4n) is 2.40. The van der Waals surface area contributed by atoms with Gasteiger partial charge in [0.05, 0.1) is 5.56 Å². The Labute approximate surface area is 125 Å². The second-order valence-electron chi connectivity index (χ2n) is 4.92. The van der Waals surface area contributed by atoms with Crippen molar-refractivity contribution in [2.75, 3.05) is 13.1 Å². The van der Waals surface area contributed by atoms with E-state index in [4.69, 9.17) is 0 Å². The Morgan fingerprint density at radius 1 is 1.45 bits per heavy atom. The molecule has 1 aromatic rings. The van der Waals surface area contributed by atoms with E-state index >= 15 is 0 Å². The molecule has 0 saturated carbocycles. The summed E-state index contributed by atoms with van der Waals surface area (Å²) in [6, 6.07) is 4.02. The predicted octanol–water partition coefficient (Wildman–Crippen LogP) is 2.33. The molecule has 0 spiro atoms. The van der Waals surface area contributed by atoms with Crippen molar-refractivity contribution in [2.45, 2.75) is 25.8 Å². The second-order valence-corrected chi connectivity index (χ2v) is 5.77. The van der Waals surface area contributed by atoms with Gasteiger partial charge in [-0.3, -0.25) is 9.59 Å². The van der Waals surface area contributed by atoms with Crippen LogP contribution in [-0.4, -0.2) is 35.8 Å². The SMILES string of the molecule is CC(=O)NC1CCCN(C(=O)c2ccc(F)cc2Br)C1. The van der Waals surface area contributed by atoms with Gasteiger partial charge in [-0.05, 0) is 47.0 Å². The van der Waals surface area contributed by atoms with E-state index < -0.39 is 0 Å². The Balaban J connectivity index is 2.10. The van der Waals surface area contributed by atoms with E-state index in [0.29, 0.717) is 23.1 Å². The molecule has 1 atom stereocenters. The first-order valence-electron chi connectivity index (χ1n) is 6.49. The Morgan fingerprint density at radius 3 is 2.85 bits per heavy atom. The second kappa shape index (κ2) is 6.35. The fraction of sp³-hybridized carbons (Fsp3) is 0.429. The average molecular weight is 343 g/mol. The Morgan fingerprint density at radius 2 is 2.20 bits per heavy atom. The van der Waals surface area contributed by atoms with Gasteiger partial charge in [0.1, 0.15) is 5.82 Å². The molecule has 2 rings (SSSR count). The molecule has 6 heteroatoms. The molecule has 0 aromatic heterocycles. The maximum atomic E-state index is 13.1. The monoisotopic (exact) mass is 342 g/mol. The third kappa shape index (κ3) is 3.56. The van der Waals surface area contributed by atoms with Crippen LogP contribution in [0.2, 0.25) is 0 Å². The Kier molecular flexibility index (Phi) is 4.75. The van der Waals surface area contributed by atoms with Crippen molar-refractivity contribution in [3.8, 4) is 0 Å². The lowest BCUT2D eigenvalue weighted by Crippen LogP contribution is -2.49. The molecule has 1 heterocycles. The summed E-state index contributed by atoms with van der Waals surface area (Å²) in [5.41, 5.74) is 0.440. The lowest BCUT2D eigenvalue weighted by atomic mass is 10.0. The normalized spacial score (nSPS) is 18.8. The minimum atomic E-state index is -0.386. The third-order valence-corrected chi connectivity index (χ3v) is 3.93. The van der Waals surface area contributed by atoms with Crippen LogP contribution >= 0.6 is 15.9 Å². The molecule has 0 bridgehead atoms. The van der Waals surface area contributed by atoms with Crippen LogP contribution in [-0.2, 0) is 4.79 Å². The van der Waals surface area contributed by atoms with E-state index in [1.165, 1.54) is 25.1 Å². The van der Waals surface area contributed by atoms with Gasteiger partial charge in [-0.15, -0.1) is 0 Å². The van der Waals surface area contributed by atoms with Crippen molar-refractivity contribution in [3.63, 3.8) is 0 Å². The van der Waals surface area contributed by atoms with Gasteiger partial charge in [0.2, 0.25) is 5.91 Å². The number of hydrogen-bond donors (Lipinski definition) is 1. The molecule has 2 amide bonds. The van der Waals surface area contributed by atoms with E-state index in [1.807, 2.05) is 0 Å². The maximum Gasteiger partial charge on any atom is 0.255 e. The quantitative estimate of drug-likeness (QED) is 0.896. The van der Waals surface area contributed by atoms with Crippen LogP contribution in [0.3, 0.4) is 0 Å². The molecule has 108 valence electrons. The van der Waals surface area contributed by atoms with E-state index in [9.17, 15) is 14.0 Å². The highest BCUT2D eigenvalue weighted by Crippen LogP contribution is 2.21. The average Bonchev–Trinajstić information content (AvgIpc) is 2.37. The van der Waals surface area contributed by atoms with Gasteiger partial charge < -0.3 is 10.2 Å². The minimum Gasteiger partial charge on any atom is -0.352 e. The number of amides is 2. The number of carbonyl (C=O) groups is 2. The van der Waals surface area contributed by atoms with Gasteiger partial charge in [-0.1, -0.05) is 0 Å². The van der Waals surface area contributed by atoms with Crippen LogP contribution in [0, 0.1) is 5.82 Å². The zero-order chi connectivity index (χ0) is 14.7. The largest absolute Gasteiger partial charge is 0.352 e. The topological polar surface area (TPSA) is 49.4 Å². The number of hydrogen-bond acceptors (Lipinski definition) is 2. The summed E-state index contributed by atoms with van der Waals surface area (Å²) in [4.78, 5) is 25.2. The molecule has 0 aliphatic carbocycles. The molecule has 1 fully saturated rings. The van der Waals surface area contributed by atoms with Crippen molar-refractivity contribution in [3.05, 3.63) is 34.1 Å². The van der Waals surface area contributed by atoms with Crippen molar-refractivity contribution >= 4 is 27.7 Å². The molecule has 1 aliphatic rings. The molecule has 20 heavy (non-hydrogen) atoms. The molecule has 1 aromatic carbocycles. The lowest BCUT2D eigenvalue weighted by molar-refractivity contribution is -0.120. The Bertz CT molecular complexity index is 536. The predicted molar refractivity (Wildman–Crippen MR) is 76.8 cm³/mol. The smallest absolute Gasteiger partial charge is 0.255 e. The summed E-state index contributed by atoms with van der Waals surface area (Å²) >= 11 is 3.21. The standard InChI is InChI=1S/C14H16BrFN2O2/c1-9(19)17-11-3-2-6-18(8-11)14(20)12-5-4-10(16)7-13(12)15/h4-5,7,11H,2-3,6,8H2,1H3,(H,17,19). The highest BCUT2D eigenvalue weighted by Gasteiger charge is 2.25. The number of benzene rings is 1. The molecule has 1 N–H and O–H groups in total. The molecule has 1 aliphatic heterocycles. The van der Waals surface area contributed by atoms with Crippen LogP contribution in [0.5, 0.6) is 0 Å². The van der Waals surface area contributed by atoms with Gasteiger partial charge in [-0.25, -0.2) is 4.39 Å². The minimum absolute atomic E-state index is 0.00979. The van der Waals surface area contributed by atoms with Gasteiger partial charge in [0.25, 0.3) is 5.91 Å². The van der Waals surface area contributed by atoms with E-state index in [2.05, 4.69) is 21.2 Å². The summed E-state index contributed by atoms with van der Waals surface area (Å²) < 4.78 is 13.5. The lowest BCUT2D eigenvalue weighted by Gasteiger charge is -2.33. The van der Waals surface area contributed by atoms with Crippen molar-refractivity contribution in [1.29, 1.82) is 0 Å². The first kappa shape index (κ1) is 15.0. The molecule has 1 saturated heterocycles. The van der Waals surface area contributed by atoms with Gasteiger partial charge in [0.15, 0.2) is 0 Å². The first-order chi connectivity index (χ1) is 9.47. The Hall–Kier alpha value is -1.43. The summed E-state index contributed by atoms with van der Waals surface area (Å²) in [6.45, 7) is 2.61. The van der Waals surface area contributed by atoms with Gasteiger partial charge in [-0.2, -0.15) is 0 Å². The van der Waals surface area contributed by atoms with Crippen molar-refractivity contribution < 1.29 is 14.0 Å². The van der Waals surface area contributed by atoms with Gasteiger partial charge >= 0.3 is 0 Å². The summed E-state index contributed by atoms with van der Waals surface area (Å²) in [7, 11) is 0. The number of likely N-dealkylation sites (tertiary alicyclic amines) is 1. The van der Waals surface area contributed by atoms with Crippen LogP contribution in [0.15, 0.2) is 22.7 Å². The van der Waals surface area contributed by atoms with Crippen LogP contribution in [0.25, 0.3) is 0 Å². The molecule has 4 nitrogen and oxygen atoms in total. The fourth-order valence-corrected chi connectivity index (χ4v) is 2.92. The number of nitrogens with one attached hydrogen (secondary N) is 1. The van der Waals surface area contributed by atoms with Crippen LogP contribution < -0.4 is 5.32 Å². The number of halogens is 2. The summed E-state index contributed by atoms with van der Waals surface area (Å²) in [5.74, 6) is -0.623. The molecular weight excluding hydrogens is 327 g/mol. The summed E-state index contributed by atoms with van der Waals surface area (Å²) in [6.07, 6.45) is 1.71. The first-order valence-corrected chi connectivity index (χ1v) is 7.28. The third-order valence-electron chi connectivity index (χ3n) is 3.28. The van der Waals surface area contributed by atoms with Gasteiger partial charge in [0, 0.05) is 30.5 Å². The van der Waals surface area contributed by atoms with Crippen molar-refractivity contribution in [1.82, 2.24) is 10.2 Å². The molecule has 0 radical (unpaired) electrons. The maximum absolute atomic E-state index is 13.1. The van der Waals surface area contributed by atoms with E-state index in [-0.39, 0.29) is 23.7 Å². The zero-order valence-corrected chi connectivity index (χ0v) is 12.7. The van der Waals surface area contributed by atoms with Crippen LogP contribution in [0.4, 0.5) is 4.39 Å². The number of piperidine rings is 1. The summed E-state index contributed by atoms with van der Waals surface area (Å²) in [5, 5.41) is 2.84. The van der Waals surface area contributed by atoms with E-state index in [0.717, 1.165) is 12.8 Å². The molecular formula is C14H16BrFN2O2. The highest BCUT2D eigenvalue weighted by atomic mass is 79.9. The van der Waals surface area contributed by atoms with E-state index in [1.54, 1.807) is 4.90 Å². The number of carbonyl (C=O) groups excluding carboxylic acids is 2. The zero-order valence-electron chi connectivity index (χ0n) is 11.2. The highest BCUT2D eigenvalue weighted by molar-refractivity contribution is 9.10. The van der Waals surface area contributed by atoms with Crippen molar-refractivity contribution in [2.24, 2.45) is 0 Å².